The number of nitro benzene ring substituents is 1. The van der Waals surface area contributed by atoms with Gasteiger partial charge in [-0.3, -0.25) is 10.1 Å². The predicted molar refractivity (Wildman–Crippen MR) is 71.5 cm³/mol. The molecule has 0 fully saturated rings. The summed E-state index contributed by atoms with van der Waals surface area (Å²) < 4.78 is 5.61. The van der Waals surface area contributed by atoms with Crippen LogP contribution in [-0.2, 0) is 6.54 Å². The van der Waals surface area contributed by atoms with E-state index < -0.39 is 4.92 Å². The van der Waals surface area contributed by atoms with Gasteiger partial charge in [0.2, 0.25) is 5.76 Å². The van der Waals surface area contributed by atoms with Crippen molar-refractivity contribution >= 4 is 27.3 Å². The molecule has 1 aromatic heterocycles. The molecule has 0 aliphatic rings. The molecule has 0 aliphatic carbocycles. The maximum Gasteiger partial charge on any atom is 0.283 e. The Labute approximate surface area is 116 Å². The van der Waals surface area contributed by atoms with Crippen LogP contribution in [0.1, 0.15) is 11.5 Å². The summed E-state index contributed by atoms with van der Waals surface area (Å²) in [5, 5.41) is 22.3. The minimum atomic E-state index is -0.459. The van der Waals surface area contributed by atoms with Crippen LogP contribution >= 0.6 is 15.9 Å². The summed E-state index contributed by atoms with van der Waals surface area (Å²) in [6.07, 6.45) is 0. The molecule has 6 nitrogen and oxygen atoms in total. The molecule has 0 saturated carbocycles. The third-order valence-corrected chi connectivity index (χ3v) is 3.02. The smallest absolute Gasteiger partial charge is 0.283 e. The molecule has 0 aliphatic heterocycles. The van der Waals surface area contributed by atoms with Gasteiger partial charge < -0.3 is 9.73 Å². The van der Waals surface area contributed by atoms with Crippen molar-refractivity contribution in [1.82, 2.24) is 0 Å². The first-order chi connectivity index (χ1) is 9.10. The van der Waals surface area contributed by atoms with Crippen LogP contribution in [0.3, 0.4) is 0 Å². The van der Waals surface area contributed by atoms with E-state index >= 15 is 0 Å². The number of nitrogens with one attached hydrogen (secondary N) is 1. The van der Waals surface area contributed by atoms with Crippen molar-refractivity contribution in [2.75, 3.05) is 5.32 Å². The average Bonchev–Trinajstić information content (AvgIpc) is 2.84. The van der Waals surface area contributed by atoms with Crippen molar-refractivity contribution < 1.29 is 9.34 Å². The van der Waals surface area contributed by atoms with Gasteiger partial charge in [-0.15, -0.1) is 0 Å². The van der Waals surface area contributed by atoms with Crippen LogP contribution in [0.4, 0.5) is 11.4 Å². The molecule has 7 heteroatoms. The summed E-state index contributed by atoms with van der Waals surface area (Å²) in [5.41, 5.74) is 0.725. The molecule has 1 heterocycles. The van der Waals surface area contributed by atoms with Crippen LogP contribution in [0.25, 0.3) is 0 Å². The molecular weight excluding hydrogens is 314 g/mol. The topological polar surface area (TPSA) is 92.1 Å². The van der Waals surface area contributed by atoms with Crippen LogP contribution in [-0.4, -0.2) is 4.92 Å². The van der Waals surface area contributed by atoms with Gasteiger partial charge >= 0.3 is 0 Å². The van der Waals surface area contributed by atoms with Gasteiger partial charge in [0, 0.05) is 11.8 Å². The number of halogens is 1. The number of hydrogen-bond donors (Lipinski definition) is 1. The van der Waals surface area contributed by atoms with Gasteiger partial charge in [-0.25, -0.2) is 0 Å². The van der Waals surface area contributed by atoms with E-state index in [4.69, 9.17) is 9.68 Å². The van der Waals surface area contributed by atoms with Gasteiger partial charge in [-0.2, -0.15) is 5.26 Å². The molecule has 1 aromatic carbocycles. The zero-order valence-corrected chi connectivity index (χ0v) is 11.2. The molecule has 0 unspecified atom stereocenters. The lowest BCUT2D eigenvalue weighted by atomic mass is 10.3. The standard InChI is InChI=1S/C12H8BrN3O3/c13-11-5-8(1-4-12(11)16(17)18)15-7-10-3-2-9(6-14)19-10/h1-5,15H,7H2. The molecule has 0 saturated heterocycles. The second-order valence-electron chi connectivity index (χ2n) is 3.65. The van der Waals surface area contributed by atoms with E-state index in [1.165, 1.54) is 6.07 Å². The van der Waals surface area contributed by atoms with Crippen molar-refractivity contribution in [3.63, 3.8) is 0 Å². The Balaban J connectivity index is 2.06. The van der Waals surface area contributed by atoms with Crippen LogP contribution in [0.5, 0.6) is 0 Å². The minimum absolute atomic E-state index is 0.00955. The first-order valence-electron chi connectivity index (χ1n) is 5.27. The molecule has 0 spiro atoms. The molecule has 19 heavy (non-hydrogen) atoms. The van der Waals surface area contributed by atoms with Crippen LogP contribution in [0.15, 0.2) is 39.2 Å². The highest BCUT2D eigenvalue weighted by molar-refractivity contribution is 9.10. The van der Waals surface area contributed by atoms with Crippen molar-refractivity contribution in [3.8, 4) is 6.07 Å². The van der Waals surface area contributed by atoms with Crippen molar-refractivity contribution in [3.05, 3.63) is 56.4 Å². The quantitative estimate of drug-likeness (QED) is 0.687. The monoisotopic (exact) mass is 321 g/mol. The Bertz CT molecular complexity index is 660. The summed E-state index contributed by atoms with van der Waals surface area (Å²) >= 11 is 3.14. The largest absolute Gasteiger partial charge is 0.449 e. The zero-order chi connectivity index (χ0) is 13.8. The van der Waals surface area contributed by atoms with Crippen molar-refractivity contribution in [2.24, 2.45) is 0 Å². The average molecular weight is 322 g/mol. The summed E-state index contributed by atoms with van der Waals surface area (Å²) in [6.45, 7) is 0.395. The van der Waals surface area contributed by atoms with E-state index in [2.05, 4.69) is 21.2 Å². The third kappa shape index (κ3) is 3.11. The Kier molecular flexibility index (Phi) is 3.82. The van der Waals surface area contributed by atoms with Gasteiger partial charge in [0.1, 0.15) is 11.8 Å². The zero-order valence-electron chi connectivity index (χ0n) is 9.59. The number of benzene rings is 1. The lowest BCUT2D eigenvalue weighted by molar-refractivity contribution is -0.385. The van der Waals surface area contributed by atoms with E-state index in [-0.39, 0.29) is 11.4 Å². The molecule has 2 rings (SSSR count). The van der Waals surface area contributed by atoms with E-state index in [0.29, 0.717) is 22.5 Å². The number of nitrogens with zero attached hydrogens (tertiary/aromatic N) is 2. The van der Waals surface area contributed by atoms with E-state index in [9.17, 15) is 10.1 Å². The van der Waals surface area contributed by atoms with E-state index in [1.54, 1.807) is 24.3 Å². The lowest BCUT2D eigenvalue weighted by Gasteiger charge is -2.05. The number of nitriles is 1. The van der Waals surface area contributed by atoms with E-state index in [0.717, 1.165) is 0 Å². The Morgan fingerprint density at radius 2 is 2.21 bits per heavy atom. The normalized spacial score (nSPS) is 9.89. The van der Waals surface area contributed by atoms with Crippen LogP contribution < -0.4 is 5.32 Å². The molecule has 0 atom stereocenters. The molecule has 1 N–H and O–H groups in total. The predicted octanol–water partition coefficient (Wildman–Crippen LogP) is 3.43. The van der Waals surface area contributed by atoms with Gasteiger partial charge in [0.05, 0.1) is 15.9 Å². The van der Waals surface area contributed by atoms with Crippen molar-refractivity contribution in [2.45, 2.75) is 6.54 Å². The van der Waals surface area contributed by atoms with Gasteiger partial charge in [0.15, 0.2) is 0 Å². The first kappa shape index (κ1) is 13.1. The maximum absolute atomic E-state index is 10.7. The number of furan rings is 1. The molecule has 0 radical (unpaired) electrons. The van der Waals surface area contributed by atoms with Crippen LogP contribution in [0, 0.1) is 21.4 Å². The van der Waals surface area contributed by atoms with Gasteiger partial charge in [0.25, 0.3) is 5.69 Å². The Morgan fingerprint density at radius 1 is 1.42 bits per heavy atom. The van der Waals surface area contributed by atoms with E-state index in [1.807, 2.05) is 6.07 Å². The first-order valence-corrected chi connectivity index (χ1v) is 6.06. The number of rotatable bonds is 4. The van der Waals surface area contributed by atoms with Gasteiger partial charge in [-0.1, -0.05) is 0 Å². The molecule has 2 aromatic rings. The third-order valence-electron chi connectivity index (χ3n) is 2.38. The summed E-state index contributed by atoms with van der Waals surface area (Å²) in [5.74, 6) is 0.868. The number of anilines is 1. The second kappa shape index (κ2) is 5.54. The highest BCUT2D eigenvalue weighted by Crippen LogP contribution is 2.27. The van der Waals surface area contributed by atoms with Crippen molar-refractivity contribution in [1.29, 1.82) is 5.26 Å². The molecule has 0 bridgehead atoms. The summed E-state index contributed by atoms with van der Waals surface area (Å²) in [6, 6.07) is 9.82. The minimum Gasteiger partial charge on any atom is -0.449 e. The molecule has 96 valence electrons. The SMILES string of the molecule is N#Cc1ccc(CNc2ccc([N+](=O)[O-])c(Br)c2)o1. The fourth-order valence-electron chi connectivity index (χ4n) is 1.49. The fraction of sp³-hybridized carbons (Fsp3) is 0.0833. The highest BCUT2D eigenvalue weighted by Gasteiger charge is 2.11. The lowest BCUT2D eigenvalue weighted by Crippen LogP contribution is -1.98. The molecule has 0 amide bonds. The van der Waals surface area contributed by atoms with Gasteiger partial charge in [-0.05, 0) is 40.2 Å². The summed E-state index contributed by atoms with van der Waals surface area (Å²) in [7, 11) is 0. The highest BCUT2D eigenvalue weighted by atomic mass is 79.9. The van der Waals surface area contributed by atoms with Crippen LogP contribution in [0.2, 0.25) is 0 Å². The Morgan fingerprint density at radius 3 is 2.79 bits per heavy atom. The number of hydrogen-bond acceptors (Lipinski definition) is 5. The molecular formula is C12H8BrN3O3. The fourth-order valence-corrected chi connectivity index (χ4v) is 2.01. The Hall–Kier alpha value is -2.33. The summed E-state index contributed by atoms with van der Waals surface area (Å²) in [4.78, 5) is 10.2. The second-order valence-corrected chi connectivity index (χ2v) is 4.51. The maximum atomic E-state index is 10.7. The number of nitro groups is 1.